The Morgan fingerprint density at radius 2 is 2.11 bits per heavy atom. The van der Waals surface area contributed by atoms with Crippen LogP contribution >= 0.6 is 0 Å². The van der Waals surface area contributed by atoms with Gasteiger partial charge in [-0.25, -0.2) is 8.42 Å². The molecule has 6 nitrogen and oxygen atoms in total. The average Bonchev–Trinajstić information content (AvgIpc) is 2.16. The van der Waals surface area contributed by atoms with Gasteiger partial charge in [-0.3, -0.25) is 4.79 Å². The van der Waals surface area contributed by atoms with Crippen molar-refractivity contribution in [1.29, 1.82) is 0 Å². The third-order valence-corrected chi connectivity index (χ3v) is 3.92. The van der Waals surface area contributed by atoms with Gasteiger partial charge in [0.1, 0.15) is 5.75 Å². The molecule has 1 amide bonds. The summed E-state index contributed by atoms with van der Waals surface area (Å²) < 4.78 is 22.8. The van der Waals surface area contributed by atoms with Crippen LogP contribution in [-0.4, -0.2) is 38.8 Å². The fraction of sp³-hybridized carbons (Fsp3) is 0.364. The maximum Gasteiger partial charge on any atom is 0.230 e. The number of hydrogen-bond acceptors (Lipinski definition) is 5. The lowest BCUT2D eigenvalue weighted by atomic mass is 10.0. The summed E-state index contributed by atoms with van der Waals surface area (Å²) in [4.78, 5) is 11.8. The summed E-state index contributed by atoms with van der Waals surface area (Å²) in [5.41, 5.74) is 0.120. The van der Waals surface area contributed by atoms with E-state index >= 15 is 0 Å². The largest absolute Gasteiger partial charge is 0.506 e. The summed E-state index contributed by atoms with van der Waals surface area (Å²) in [6.45, 7) is 1.19. The number of rotatable bonds is 3. The van der Waals surface area contributed by atoms with Crippen molar-refractivity contribution in [2.24, 2.45) is 5.92 Å². The van der Waals surface area contributed by atoms with Crippen molar-refractivity contribution in [3.63, 3.8) is 0 Å². The number of benzene rings is 1. The number of phenolic OH excluding ortho intramolecular Hbond substituents is 1. The van der Waals surface area contributed by atoms with Crippen LogP contribution in [0.3, 0.4) is 0 Å². The molecule has 0 atom stereocenters. The van der Waals surface area contributed by atoms with E-state index in [-0.39, 0.29) is 28.2 Å². The molecule has 1 aliphatic rings. The van der Waals surface area contributed by atoms with Gasteiger partial charge in [0.05, 0.1) is 16.5 Å². The quantitative estimate of drug-likeness (QED) is 0.669. The second-order valence-corrected chi connectivity index (χ2v) is 6.31. The topological polar surface area (TPSA) is 95.5 Å². The van der Waals surface area contributed by atoms with E-state index in [0.29, 0.717) is 13.1 Å². The van der Waals surface area contributed by atoms with Crippen molar-refractivity contribution in [2.75, 3.05) is 24.7 Å². The molecule has 0 aromatic heterocycles. The van der Waals surface area contributed by atoms with Crippen LogP contribution in [-0.2, 0) is 14.6 Å². The molecule has 1 saturated heterocycles. The lowest BCUT2D eigenvalue weighted by molar-refractivity contribution is -0.121. The first-order valence-corrected chi connectivity index (χ1v) is 7.32. The highest BCUT2D eigenvalue weighted by molar-refractivity contribution is 7.90. The molecule has 1 aromatic carbocycles. The van der Waals surface area contributed by atoms with Crippen LogP contribution in [0.2, 0.25) is 0 Å². The van der Waals surface area contributed by atoms with Gasteiger partial charge < -0.3 is 15.7 Å². The van der Waals surface area contributed by atoms with E-state index in [2.05, 4.69) is 10.6 Å². The number of carbonyl (C=O) groups excluding carboxylic acids is 1. The Labute approximate surface area is 105 Å². The Hall–Kier alpha value is -1.60. The highest BCUT2D eigenvalue weighted by Crippen LogP contribution is 2.27. The standard InChI is InChI=1S/C11H14N2O4S/c1-18(16,17)8-2-3-10(14)9(4-8)13-11(15)7-5-12-6-7/h2-4,7,12,14H,5-6H2,1H3,(H,13,15). The second kappa shape index (κ2) is 4.58. The van der Waals surface area contributed by atoms with Gasteiger partial charge in [-0.2, -0.15) is 0 Å². The van der Waals surface area contributed by atoms with Gasteiger partial charge in [0.25, 0.3) is 0 Å². The van der Waals surface area contributed by atoms with Gasteiger partial charge in [-0.05, 0) is 18.2 Å². The van der Waals surface area contributed by atoms with Crippen LogP contribution < -0.4 is 10.6 Å². The molecule has 0 radical (unpaired) electrons. The van der Waals surface area contributed by atoms with E-state index < -0.39 is 9.84 Å². The monoisotopic (exact) mass is 270 g/mol. The maximum atomic E-state index is 11.7. The van der Waals surface area contributed by atoms with Gasteiger partial charge in [0.2, 0.25) is 5.91 Å². The normalized spacial score (nSPS) is 16.1. The van der Waals surface area contributed by atoms with Gasteiger partial charge in [-0.15, -0.1) is 0 Å². The number of hydrogen-bond donors (Lipinski definition) is 3. The summed E-state index contributed by atoms with van der Waals surface area (Å²) in [6, 6.07) is 3.81. The first-order valence-electron chi connectivity index (χ1n) is 5.42. The molecule has 98 valence electrons. The Morgan fingerprint density at radius 3 is 2.61 bits per heavy atom. The number of carbonyl (C=O) groups is 1. The number of nitrogens with one attached hydrogen (secondary N) is 2. The number of sulfone groups is 1. The van der Waals surface area contributed by atoms with Crippen LogP contribution in [0.4, 0.5) is 5.69 Å². The van der Waals surface area contributed by atoms with Crippen LogP contribution in [0.25, 0.3) is 0 Å². The van der Waals surface area contributed by atoms with Crippen LogP contribution in [0, 0.1) is 5.92 Å². The maximum absolute atomic E-state index is 11.7. The minimum atomic E-state index is -3.36. The zero-order valence-electron chi connectivity index (χ0n) is 9.80. The van der Waals surface area contributed by atoms with Gasteiger partial charge in [-0.1, -0.05) is 0 Å². The minimum Gasteiger partial charge on any atom is -0.506 e. The zero-order chi connectivity index (χ0) is 13.3. The molecule has 3 N–H and O–H groups in total. The SMILES string of the molecule is CS(=O)(=O)c1ccc(O)c(NC(=O)C2CNC2)c1. The van der Waals surface area contributed by atoms with E-state index in [1.165, 1.54) is 18.2 Å². The summed E-state index contributed by atoms with van der Waals surface area (Å²) in [5, 5.41) is 15.1. The van der Waals surface area contributed by atoms with E-state index in [4.69, 9.17) is 0 Å². The van der Waals surface area contributed by atoms with Crippen LogP contribution in [0.15, 0.2) is 23.1 Å². The van der Waals surface area contributed by atoms with E-state index in [1.807, 2.05) is 0 Å². The highest BCUT2D eigenvalue weighted by Gasteiger charge is 2.25. The van der Waals surface area contributed by atoms with Gasteiger partial charge >= 0.3 is 0 Å². The van der Waals surface area contributed by atoms with Crippen molar-refractivity contribution >= 4 is 21.4 Å². The molecule has 1 heterocycles. The van der Waals surface area contributed by atoms with Crippen molar-refractivity contribution < 1.29 is 18.3 Å². The molecule has 1 aliphatic heterocycles. The molecule has 1 fully saturated rings. The number of anilines is 1. The fourth-order valence-corrected chi connectivity index (χ4v) is 2.20. The third kappa shape index (κ3) is 2.62. The van der Waals surface area contributed by atoms with Crippen molar-refractivity contribution in [1.82, 2.24) is 5.32 Å². The van der Waals surface area contributed by atoms with E-state index in [1.54, 1.807) is 0 Å². The van der Waals surface area contributed by atoms with Crippen molar-refractivity contribution in [3.05, 3.63) is 18.2 Å². The van der Waals surface area contributed by atoms with Crippen molar-refractivity contribution in [2.45, 2.75) is 4.90 Å². The van der Waals surface area contributed by atoms with E-state index in [9.17, 15) is 18.3 Å². The minimum absolute atomic E-state index is 0.0577. The predicted octanol–water partition coefficient (Wildman–Crippen LogP) is -0.0464. The van der Waals surface area contributed by atoms with Crippen molar-refractivity contribution in [3.8, 4) is 5.75 Å². The Morgan fingerprint density at radius 1 is 1.44 bits per heavy atom. The number of phenols is 1. The van der Waals surface area contributed by atoms with Gasteiger partial charge in [0, 0.05) is 19.3 Å². The van der Waals surface area contributed by atoms with Crippen LogP contribution in [0.1, 0.15) is 0 Å². The molecule has 2 rings (SSSR count). The Balaban J connectivity index is 2.23. The average molecular weight is 270 g/mol. The predicted molar refractivity (Wildman–Crippen MR) is 66.2 cm³/mol. The number of aromatic hydroxyl groups is 1. The van der Waals surface area contributed by atoms with E-state index in [0.717, 1.165) is 6.26 Å². The summed E-state index contributed by atoms with van der Waals surface area (Å²) in [6.07, 6.45) is 1.07. The molecule has 0 saturated carbocycles. The lowest BCUT2D eigenvalue weighted by Gasteiger charge is -2.25. The molecular formula is C11H14N2O4S. The fourth-order valence-electron chi connectivity index (χ4n) is 1.55. The summed E-state index contributed by atoms with van der Waals surface area (Å²) in [7, 11) is -3.36. The third-order valence-electron chi connectivity index (χ3n) is 2.81. The highest BCUT2D eigenvalue weighted by atomic mass is 32.2. The zero-order valence-corrected chi connectivity index (χ0v) is 10.6. The van der Waals surface area contributed by atoms with Gasteiger partial charge in [0.15, 0.2) is 9.84 Å². The molecule has 0 spiro atoms. The Kier molecular flexibility index (Phi) is 3.27. The second-order valence-electron chi connectivity index (χ2n) is 4.30. The summed E-state index contributed by atoms with van der Waals surface area (Å²) >= 11 is 0. The first kappa shape index (κ1) is 12.8. The molecule has 0 aliphatic carbocycles. The molecule has 7 heteroatoms. The first-order chi connectivity index (χ1) is 8.38. The molecular weight excluding hydrogens is 256 g/mol. The summed E-state index contributed by atoms with van der Waals surface area (Å²) in [5.74, 6) is -0.510. The Bertz CT molecular complexity index is 579. The molecule has 0 bridgehead atoms. The lowest BCUT2D eigenvalue weighted by Crippen LogP contribution is -2.48. The van der Waals surface area contributed by atoms with Crippen LogP contribution in [0.5, 0.6) is 5.75 Å². The smallest absolute Gasteiger partial charge is 0.230 e. The number of amides is 1. The molecule has 0 unspecified atom stereocenters. The molecule has 1 aromatic rings. The molecule has 18 heavy (non-hydrogen) atoms.